The first-order chi connectivity index (χ1) is 15.1. The number of carbonyl (C=O) groups excluding carboxylic acids is 2. The Balaban J connectivity index is 1.44. The number of amides is 2. The lowest BCUT2D eigenvalue weighted by Crippen LogP contribution is -2.35. The van der Waals surface area contributed by atoms with E-state index in [9.17, 15) is 9.59 Å². The van der Waals surface area contributed by atoms with Crippen LogP contribution in [0.2, 0.25) is 0 Å². The molecule has 9 heteroatoms. The van der Waals surface area contributed by atoms with Crippen molar-refractivity contribution >= 4 is 28.3 Å². The minimum absolute atomic E-state index is 0.0620. The van der Waals surface area contributed by atoms with Crippen LogP contribution < -0.4 is 14.8 Å². The summed E-state index contributed by atoms with van der Waals surface area (Å²) in [6, 6.07) is 5.29. The van der Waals surface area contributed by atoms with Gasteiger partial charge in [0.15, 0.2) is 16.6 Å². The lowest BCUT2D eigenvalue weighted by molar-refractivity contribution is -0.124. The normalized spacial score (nSPS) is 17.9. The predicted octanol–water partition coefficient (Wildman–Crippen LogP) is 3.26. The minimum atomic E-state index is -0.391. The minimum Gasteiger partial charge on any atom is -0.490 e. The lowest BCUT2D eigenvalue weighted by Gasteiger charge is -2.26. The van der Waals surface area contributed by atoms with E-state index in [0.717, 1.165) is 23.4 Å². The molecule has 1 aromatic carbocycles. The zero-order valence-corrected chi connectivity index (χ0v) is 18.6. The van der Waals surface area contributed by atoms with Gasteiger partial charge in [-0.2, -0.15) is 0 Å². The number of thiazole rings is 1. The van der Waals surface area contributed by atoms with E-state index in [0.29, 0.717) is 61.5 Å². The second-order valence-corrected chi connectivity index (χ2v) is 8.47. The zero-order valence-electron chi connectivity index (χ0n) is 17.8. The van der Waals surface area contributed by atoms with Crippen LogP contribution in [0.15, 0.2) is 18.2 Å². The van der Waals surface area contributed by atoms with Gasteiger partial charge in [0.2, 0.25) is 0 Å². The number of benzene rings is 1. The van der Waals surface area contributed by atoms with E-state index >= 15 is 0 Å². The van der Waals surface area contributed by atoms with Crippen LogP contribution in [0.25, 0.3) is 0 Å². The maximum absolute atomic E-state index is 13.1. The van der Waals surface area contributed by atoms with Gasteiger partial charge in [-0.1, -0.05) is 11.3 Å². The molecule has 3 heterocycles. The summed E-state index contributed by atoms with van der Waals surface area (Å²) < 4.78 is 16.7. The Bertz CT molecular complexity index is 955. The number of rotatable bonds is 7. The standard InChI is InChI=1S/C22H27N3O5S/c1-3-28-16-8-7-14(12-18(16)29-4-2)21(27)25-10-9-15-19(13-25)31-22(23-15)24-20(26)17-6-5-11-30-17/h7-8,12,17H,3-6,9-11,13H2,1-2H3,(H,23,24,26). The molecule has 1 saturated heterocycles. The van der Waals surface area contributed by atoms with Crippen LogP contribution in [-0.2, 0) is 22.5 Å². The Labute approximate surface area is 185 Å². The first-order valence-corrected chi connectivity index (χ1v) is 11.5. The molecular weight excluding hydrogens is 418 g/mol. The van der Waals surface area contributed by atoms with E-state index in [1.165, 1.54) is 11.3 Å². The molecule has 31 heavy (non-hydrogen) atoms. The summed E-state index contributed by atoms with van der Waals surface area (Å²) in [5.74, 6) is 1.00. The van der Waals surface area contributed by atoms with Crippen molar-refractivity contribution in [3.8, 4) is 11.5 Å². The van der Waals surface area contributed by atoms with Crippen molar-refractivity contribution in [3.63, 3.8) is 0 Å². The van der Waals surface area contributed by atoms with Crippen molar-refractivity contribution in [2.24, 2.45) is 0 Å². The van der Waals surface area contributed by atoms with Crippen LogP contribution in [0.4, 0.5) is 5.13 Å². The highest BCUT2D eigenvalue weighted by molar-refractivity contribution is 7.15. The molecule has 8 nitrogen and oxygen atoms in total. The van der Waals surface area contributed by atoms with Gasteiger partial charge < -0.3 is 19.1 Å². The summed E-state index contributed by atoms with van der Waals surface area (Å²) in [5, 5.41) is 3.44. The molecule has 2 aromatic rings. The Morgan fingerprint density at radius 3 is 2.81 bits per heavy atom. The highest BCUT2D eigenvalue weighted by Crippen LogP contribution is 2.32. The van der Waals surface area contributed by atoms with Gasteiger partial charge in [-0.15, -0.1) is 0 Å². The van der Waals surface area contributed by atoms with E-state index in [-0.39, 0.29) is 11.8 Å². The van der Waals surface area contributed by atoms with Crippen molar-refractivity contribution < 1.29 is 23.8 Å². The SMILES string of the molecule is CCOc1ccc(C(=O)N2CCc3nc(NC(=O)C4CCCO4)sc3C2)cc1OCC. The number of ether oxygens (including phenoxy) is 3. The van der Waals surface area contributed by atoms with Crippen molar-refractivity contribution in [1.29, 1.82) is 0 Å². The Hall–Kier alpha value is -2.65. The maximum Gasteiger partial charge on any atom is 0.255 e. The molecule has 2 aliphatic heterocycles. The number of carbonyl (C=O) groups is 2. The van der Waals surface area contributed by atoms with E-state index < -0.39 is 6.10 Å². The van der Waals surface area contributed by atoms with Gasteiger partial charge in [-0.05, 0) is 44.9 Å². The number of aromatic nitrogens is 1. The maximum atomic E-state index is 13.1. The summed E-state index contributed by atoms with van der Waals surface area (Å²) in [7, 11) is 0. The highest BCUT2D eigenvalue weighted by Gasteiger charge is 2.28. The molecule has 166 valence electrons. The average Bonchev–Trinajstić information content (AvgIpc) is 3.44. The molecule has 1 aromatic heterocycles. The van der Waals surface area contributed by atoms with Crippen molar-refractivity contribution in [2.75, 3.05) is 31.7 Å². The molecule has 0 saturated carbocycles. The quantitative estimate of drug-likeness (QED) is 0.704. The third kappa shape index (κ3) is 4.83. The van der Waals surface area contributed by atoms with E-state index in [2.05, 4.69) is 10.3 Å². The highest BCUT2D eigenvalue weighted by atomic mass is 32.1. The summed E-state index contributed by atoms with van der Waals surface area (Å²) >= 11 is 1.42. The van der Waals surface area contributed by atoms with E-state index in [1.807, 2.05) is 13.8 Å². The number of anilines is 1. The molecule has 0 spiro atoms. The zero-order chi connectivity index (χ0) is 21.8. The molecule has 2 amide bonds. The van der Waals surface area contributed by atoms with Crippen LogP contribution in [0.5, 0.6) is 11.5 Å². The fraction of sp³-hybridized carbons (Fsp3) is 0.500. The Kier molecular flexibility index (Phi) is 6.72. The molecule has 0 aliphatic carbocycles. The molecule has 4 rings (SSSR count). The average molecular weight is 446 g/mol. The first-order valence-electron chi connectivity index (χ1n) is 10.7. The van der Waals surface area contributed by atoms with Crippen LogP contribution in [0.1, 0.15) is 47.6 Å². The van der Waals surface area contributed by atoms with Gasteiger partial charge in [-0.25, -0.2) is 4.98 Å². The number of hydrogen-bond acceptors (Lipinski definition) is 7. The number of nitrogens with zero attached hydrogens (tertiary/aromatic N) is 2. The fourth-order valence-corrected chi connectivity index (χ4v) is 4.79. The molecule has 1 N–H and O–H groups in total. The predicted molar refractivity (Wildman–Crippen MR) is 117 cm³/mol. The van der Waals surface area contributed by atoms with Gasteiger partial charge >= 0.3 is 0 Å². The summed E-state index contributed by atoms with van der Waals surface area (Å²) in [6.45, 7) is 6.50. The second-order valence-electron chi connectivity index (χ2n) is 7.38. The monoisotopic (exact) mass is 445 g/mol. The molecular formula is C22H27N3O5S. The van der Waals surface area contributed by atoms with Crippen LogP contribution in [0.3, 0.4) is 0 Å². The summed E-state index contributed by atoms with van der Waals surface area (Å²) in [6.07, 6.45) is 1.91. The smallest absolute Gasteiger partial charge is 0.255 e. The van der Waals surface area contributed by atoms with Gasteiger partial charge in [-0.3, -0.25) is 14.9 Å². The summed E-state index contributed by atoms with van der Waals surface area (Å²) in [4.78, 5) is 32.8. The van der Waals surface area contributed by atoms with Gasteiger partial charge in [0.1, 0.15) is 6.10 Å². The van der Waals surface area contributed by atoms with Gasteiger partial charge in [0.25, 0.3) is 11.8 Å². The molecule has 0 radical (unpaired) electrons. The topological polar surface area (TPSA) is 90.0 Å². The second kappa shape index (κ2) is 9.65. The van der Waals surface area contributed by atoms with Crippen molar-refractivity contribution in [2.45, 2.75) is 45.8 Å². The van der Waals surface area contributed by atoms with Gasteiger partial charge in [0, 0.05) is 30.0 Å². The van der Waals surface area contributed by atoms with E-state index in [4.69, 9.17) is 14.2 Å². The molecule has 2 aliphatic rings. The summed E-state index contributed by atoms with van der Waals surface area (Å²) in [5.41, 5.74) is 1.50. The molecule has 0 bridgehead atoms. The number of fused-ring (bicyclic) bond motifs is 1. The molecule has 1 fully saturated rings. The van der Waals surface area contributed by atoms with Crippen LogP contribution >= 0.6 is 11.3 Å². The van der Waals surface area contributed by atoms with Crippen LogP contribution in [0, 0.1) is 0 Å². The third-order valence-electron chi connectivity index (χ3n) is 5.26. The van der Waals surface area contributed by atoms with Gasteiger partial charge in [0.05, 0.1) is 25.5 Å². The van der Waals surface area contributed by atoms with E-state index in [1.54, 1.807) is 23.1 Å². The molecule has 1 atom stereocenters. The number of hydrogen-bond donors (Lipinski definition) is 1. The number of nitrogens with one attached hydrogen (secondary N) is 1. The van der Waals surface area contributed by atoms with Crippen LogP contribution in [-0.4, -0.2) is 54.2 Å². The lowest BCUT2D eigenvalue weighted by atomic mass is 10.1. The molecule has 1 unspecified atom stereocenters. The van der Waals surface area contributed by atoms with Crippen molar-refractivity contribution in [1.82, 2.24) is 9.88 Å². The first kappa shape index (κ1) is 21.6. The largest absolute Gasteiger partial charge is 0.490 e. The third-order valence-corrected chi connectivity index (χ3v) is 6.26. The Morgan fingerprint density at radius 2 is 2.06 bits per heavy atom. The Morgan fingerprint density at radius 1 is 1.26 bits per heavy atom. The van der Waals surface area contributed by atoms with Crippen molar-refractivity contribution in [3.05, 3.63) is 34.3 Å². The fourth-order valence-electron chi connectivity index (χ4n) is 3.76.